The molecule has 0 aromatic rings. The van der Waals surface area contributed by atoms with Crippen LogP contribution in [-0.4, -0.2) is 5.97 Å². The van der Waals surface area contributed by atoms with Gasteiger partial charge in [-0.05, 0) is 25.2 Å². The number of aliphatic carboxylic acids is 1. The molecule has 0 heterocycles. The van der Waals surface area contributed by atoms with Gasteiger partial charge in [0.25, 0.3) is 0 Å². The van der Waals surface area contributed by atoms with Crippen molar-refractivity contribution in [3.05, 3.63) is 11.3 Å². The molecule has 74 valence electrons. The molecule has 0 N–H and O–H groups in total. The summed E-state index contributed by atoms with van der Waals surface area (Å²) in [6.07, 6.45) is 0. The summed E-state index contributed by atoms with van der Waals surface area (Å²) in [6.45, 7) is 7.00. The van der Waals surface area contributed by atoms with Crippen LogP contribution < -0.4 is 69.3 Å². The topological polar surface area (TPSA) is 63.2 Å². The van der Waals surface area contributed by atoms with E-state index in [0.717, 1.165) is 0 Å². The summed E-state index contributed by atoms with van der Waals surface area (Å²) in [7, 11) is 0. The molecule has 0 spiro atoms. The summed E-state index contributed by atoms with van der Waals surface area (Å²) < 4.78 is 0. The van der Waals surface area contributed by atoms with Crippen molar-refractivity contribution in [1.29, 1.82) is 0 Å². The van der Waals surface area contributed by atoms with Crippen LogP contribution in [0.1, 0.15) is 27.7 Å². The zero-order valence-corrected chi connectivity index (χ0v) is 14.4. The molecule has 5 heteroatoms. The Labute approximate surface area is 135 Å². The summed E-state index contributed by atoms with van der Waals surface area (Å²) >= 11 is 0. The maximum Gasteiger partial charge on any atom is 1.00 e. The molecule has 1 aliphatic carbocycles. The number of carbonyl (C=O) groups excluding carboxylic acids is 1. The average molecular weight is 228 g/mol. The van der Waals surface area contributed by atoms with Crippen LogP contribution in [0.5, 0.6) is 0 Å². The van der Waals surface area contributed by atoms with Gasteiger partial charge in [-0.15, -0.1) is 5.76 Å². The molecule has 1 rings (SSSR count). The van der Waals surface area contributed by atoms with E-state index in [9.17, 15) is 15.0 Å². The van der Waals surface area contributed by atoms with Gasteiger partial charge in [0.1, 0.15) is 0 Å². The second kappa shape index (κ2) is 6.08. The van der Waals surface area contributed by atoms with E-state index in [4.69, 9.17) is 0 Å². The van der Waals surface area contributed by atoms with Crippen LogP contribution in [0.25, 0.3) is 0 Å². The van der Waals surface area contributed by atoms with Crippen molar-refractivity contribution in [2.45, 2.75) is 27.7 Å². The first-order valence-electron chi connectivity index (χ1n) is 4.35. The van der Waals surface area contributed by atoms with Crippen molar-refractivity contribution in [3.63, 3.8) is 0 Å². The third-order valence-electron chi connectivity index (χ3n) is 2.86. The maximum atomic E-state index is 11.5. The maximum absolute atomic E-state index is 11.5. The predicted molar refractivity (Wildman–Crippen MR) is 44.1 cm³/mol. The smallest absolute Gasteiger partial charge is 0.875 e. The molecular formula is C10H14Na2O3. The van der Waals surface area contributed by atoms with E-state index < -0.39 is 17.3 Å². The van der Waals surface area contributed by atoms with Gasteiger partial charge < -0.3 is 15.0 Å². The van der Waals surface area contributed by atoms with Crippen LogP contribution >= 0.6 is 0 Å². The van der Waals surface area contributed by atoms with Crippen molar-refractivity contribution >= 4 is 5.97 Å². The number of allylic oxidation sites excluding steroid dienone is 2. The quantitative estimate of drug-likeness (QED) is 0.349. The number of carboxylic acids is 1. The van der Waals surface area contributed by atoms with Crippen LogP contribution in [0.4, 0.5) is 0 Å². The number of carbonyl (C=O) groups is 1. The van der Waals surface area contributed by atoms with Gasteiger partial charge in [0.15, 0.2) is 0 Å². The summed E-state index contributed by atoms with van der Waals surface area (Å²) in [5, 5.41) is 22.1. The number of rotatable bonds is 2. The second-order valence-electron chi connectivity index (χ2n) is 4.46. The zero-order valence-electron chi connectivity index (χ0n) is 10.4. The number of carboxylic acid groups (broad SMARTS) is 1. The fraction of sp³-hybridized carbons (Fsp3) is 0.700. The van der Waals surface area contributed by atoms with E-state index in [2.05, 4.69) is 0 Å². The molecule has 0 amide bonds. The van der Waals surface area contributed by atoms with E-state index in [1.807, 2.05) is 0 Å². The van der Waals surface area contributed by atoms with Crippen molar-refractivity contribution in [2.75, 3.05) is 0 Å². The van der Waals surface area contributed by atoms with E-state index in [1.165, 1.54) is 0 Å². The minimum absolute atomic E-state index is 0. The van der Waals surface area contributed by atoms with Gasteiger partial charge in [-0.3, -0.25) is 0 Å². The minimum Gasteiger partial charge on any atom is -0.875 e. The fourth-order valence-electron chi connectivity index (χ4n) is 1.88. The normalized spacial score (nSPS) is 25.6. The summed E-state index contributed by atoms with van der Waals surface area (Å²) in [5.74, 6) is -2.12. The fourth-order valence-corrected chi connectivity index (χ4v) is 1.88. The summed E-state index contributed by atoms with van der Waals surface area (Å²) in [4.78, 5) is 10.6. The second-order valence-corrected chi connectivity index (χ2v) is 4.46. The van der Waals surface area contributed by atoms with E-state index in [0.29, 0.717) is 5.57 Å². The third kappa shape index (κ3) is 3.48. The molecular weight excluding hydrogens is 214 g/mol. The first-order valence-corrected chi connectivity index (χ1v) is 4.35. The molecule has 1 saturated carbocycles. The number of hydrogen-bond acceptors (Lipinski definition) is 3. The molecule has 15 heavy (non-hydrogen) atoms. The monoisotopic (exact) mass is 228 g/mol. The van der Waals surface area contributed by atoms with Gasteiger partial charge in [0.05, 0.1) is 0 Å². The van der Waals surface area contributed by atoms with Crippen LogP contribution in [0, 0.1) is 17.3 Å². The standard InChI is InChI=1S/C10H16O3.2Na/c1-5(2)8(11)6-7(9(12)13)10(6,3)4;;/h6-7,11H,1-4H3,(H,12,13);;/q;2*+1/p-2/t6-,7-;;/m0../s1. The Morgan fingerprint density at radius 1 is 1.07 bits per heavy atom. The van der Waals surface area contributed by atoms with Crippen molar-refractivity contribution in [1.82, 2.24) is 0 Å². The Morgan fingerprint density at radius 3 is 1.67 bits per heavy atom. The predicted octanol–water partition coefficient (Wildman–Crippen LogP) is -6.33. The Morgan fingerprint density at radius 2 is 1.47 bits per heavy atom. The van der Waals surface area contributed by atoms with Gasteiger partial charge in [-0.1, -0.05) is 19.4 Å². The van der Waals surface area contributed by atoms with Crippen molar-refractivity contribution in [2.24, 2.45) is 17.3 Å². The Hall–Kier alpha value is 1.01. The molecule has 0 aromatic carbocycles. The zero-order chi connectivity index (χ0) is 10.4. The first kappa shape index (κ1) is 18.4. The van der Waals surface area contributed by atoms with Gasteiger partial charge in [-0.25, -0.2) is 0 Å². The number of hydrogen-bond donors (Lipinski definition) is 0. The Kier molecular flexibility index (Phi) is 7.45. The molecule has 0 saturated heterocycles. The molecule has 1 fully saturated rings. The Balaban J connectivity index is 0. The first-order chi connectivity index (χ1) is 5.80. The minimum atomic E-state index is -1.11. The molecule has 1 aliphatic rings. The third-order valence-corrected chi connectivity index (χ3v) is 2.86. The molecule has 0 unspecified atom stereocenters. The SMILES string of the molecule is CC(C)=C([O-])[C@@H]1[C@@H](C(=O)[O-])C1(C)C.[Na+].[Na+]. The van der Waals surface area contributed by atoms with Crippen molar-refractivity contribution in [3.8, 4) is 0 Å². The summed E-state index contributed by atoms with van der Waals surface area (Å²) in [5.41, 5.74) is 0.245. The molecule has 0 bridgehead atoms. The van der Waals surface area contributed by atoms with E-state index in [1.54, 1.807) is 27.7 Å². The van der Waals surface area contributed by atoms with Crippen LogP contribution in [0.15, 0.2) is 11.3 Å². The largest absolute Gasteiger partial charge is 1.00 e. The molecule has 0 radical (unpaired) electrons. The van der Waals surface area contributed by atoms with Crippen LogP contribution in [-0.2, 0) is 4.79 Å². The van der Waals surface area contributed by atoms with Crippen LogP contribution in [0.3, 0.4) is 0 Å². The van der Waals surface area contributed by atoms with Gasteiger partial charge in [0, 0.05) is 11.9 Å². The molecule has 0 aromatic heterocycles. The van der Waals surface area contributed by atoms with E-state index >= 15 is 0 Å². The molecule has 3 nitrogen and oxygen atoms in total. The van der Waals surface area contributed by atoms with Gasteiger partial charge >= 0.3 is 59.1 Å². The van der Waals surface area contributed by atoms with Crippen LogP contribution in [0.2, 0.25) is 0 Å². The summed E-state index contributed by atoms with van der Waals surface area (Å²) in [6, 6.07) is 0. The van der Waals surface area contributed by atoms with Gasteiger partial charge in [0.2, 0.25) is 0 Å². The average Bonchev–Trinajstić information content (AvgIpc) is 2.51. The van der Waals surface area contributed by atoms with Crippen molar-refractivity contribution < 1.29 is 74.1 Å². The Bertz CT molecular complexity index is 280. The molecule has 0 aliphatic heterocycles. The molecule has 2 atom stereocenters. The van der Waals surface area contributed by atoms with E-state index in [-0.39, 0.29) is 70.8 Å². The van der Waals surface area contributed by atoms with Gasteiger partial charge in [-0.2, -0.15) is 0 Å².